The first-order valence-corrected chi connectivity index (χ1v) is 11.8. The number of hydrogen-bond acceptors (Lipinski definition) is 7. The largest absolute Gasteiger partial charge is 0.382 e. The minimum atomic E-state index is -0.528. The number of halogens is 1. The van der Waals surface area contributed by atoms with Gasteiger partial charge in [0.15, 0.2) is 11.6 Å². The molecule has 0 spiro atoms. The number of carbonyl (C=O) groups is 2. The number of rotatable bonds is 4. The third-order valence-corrected chi connectivity index (χ3v) is 6.89. The molecule has 5 rings (SSSR count). The van der Waals surface area contributed by atoms with E-state index in [0.717, 1.165) is 32.4 Å². The highest BCUT2D eigenvalue weighted by atomic mass is 19.1. The Labute approximate surface area is 202 Å². The van der Waals surface area contributed by atoms with E-state index in [9.17, 15) is 14.0 Å². The monoisotopic (exact) mass is 480 g/mol. The van der Waals surface area contributed by atoms with E-state index in [0.29, 0.717) is 31.4 Å². The molecule has 0 saturated carbocycles. The Kier molecular flexibility index (Phi) is 6.25. The number of nitrogen functional groups attached to an aromatic ring is 1. The standard InChI is InChI=1S/C24H29FN8O2/c1-30-10-12-32(13-11-30)24(35)16-5-8-31(9-6-16)21-17(25)14-27-15-18(21)28-23(34)20-19-4-2-3-7-33(19)29-22(20)26/h2-4,7,14-16H,5-6,8-13H2,1H3,(H2,26,29)(H,28,34). The zero-order valence-corrected chi connectivity index (χ0v) is 19.7. The van der Waals surface area contributed by atoms with E-state index in [2.05, 4.69) is 27.3 Å². The number of pyridine rings is 2. The SMILES string of the molecule is CN1CCN(C(=O)C2CCN(c3c(F)cncc3NC(=O)c3c(N)nn4ccccc34)CC2)CC1. The molecule has 2 amide bonds. The van der Waals surface area contributed by atoms with Gasteiger partial charge in [-0.05, 0) is 32.0 Å². The number of amides is 2. The van der Waals surface area contributed by atoms with Crippen molar-refractivity contribution in [2.75, 3.05) is 62.3 Å². The zero-order chi connectivity index (χ0) is 24.5. The minimum Gasteiger partial charge on any atom is -0.382 e. The van der Waals surface area contributed by atoms with Crippen molar-refractivity contribution in [3.63, 3.8) is 0 Å². The van der Waals surface area contributed by atoms with Crippen molar-refractivity contribution < 1.29 is 14.0 Å². The number of aromatic nitrogens is 3. The van der Waals surface area contributed by atoms with Gasteiger partial charge in [0.2, 0.25) is 5.91 Å². The predicted octanol–water partition coefficient (Wildman–Crippen LogP) is 1.69. The number of nitrogens with two attached hydrogens (primary N) is 1. The normalized spacial score (nSPS) is 17.7. The smallest absolute Gasteiger partial charge is 0.261 e. The second-order valence-electron chi connectivity index (χ2n) is 9.15. The molecule has 2 aliphatic heterocycles. The number of nitrogens with zero attached hydrogens (tertiary/aromatic N) is 6. The van der Waals surface area contributed by atoms with Gasteiger partial charge in [0, 0.05) is 51.4 Å². The van der Waals surface area contributed by atoms with E-state index in [-0.39, 0.29) is 34.6 Å². The maximum absolute atomic E-state index is 15.0. The lowest BCUT2D eigenvalue weighted by Crippen LogP contribution is -2.50. The van der Waals surface area contributed by atoms with Gasteiger partial charge in [0.1, 0.15) is 11.3 Å². The molecule has 0 aliphatic carbocycles. The summed E-state index contributed by atoms with van der Waals surface area (Å²) in [6.45, 7) is 4.27. The van der Waals surface area contributed by atoms with Crippen LogP contribution in [-0.4, -0.2) is 82.5 Å². The highest BCUT2D eigenvalue weighted by molar-refractivity contribution is 6.13. The molecule has 2 aliphatic rings. The van der Waals surface area contributed by atoms with Crippen LogP contribution in [0, 0.1) is 11.7 Å². The molecule has 3 aromatic rings. The van der Waals surface area contributed by atoms with Gasteiger partial charge in [-0.1, -0.05) is 6.07 Å². The third kappa shape index (κ3) is 4.51. The Morgan fingerprint density at radius 1 is 1.09 bits per heavy atom. The first-order chi connectivity index (χ1) is 16.9. The topological polar surface area (TPSA) is 112 Å². The van der Waals surface area contributed by atoms with Crippen molar-refractivity contribution in [3.05, 3.63) is 48.2 Å². The molecule has 11 heteroatoms. The van der Waals surface area contributed by atoms with Gasteiger partial charge >= 0.3 is 0 Å². The van der Waals surface area contributed by atoms with Gasteiger partial charge in [-0.15, -0.1) is 5.10 Å². The second kappa shape index (κ2) is 9.49. The van der Waals surface area contributed by atoms with E-state index >= 15 is 0 Å². The number of likely N-dealkylation sites (N-methyl/N-ethyl adjacent to an activating group) is 1. The molecule has 5 heterocycles. The highest BCUT2D eigenvalue weighted by Gasteiger charge is 2.32. The molecule has 0 aromatic carbocycles. The molecule has 10 nitrogen and oxygen atoms in total. The van der Waals surface area contributed by atoms with Crippen LogP contribution in [0.3, 0.4) is 0 Å². The van der Waals surface area contributed by atoms with E-state index in [1.54, 1.807) is 24.4 Å². The number of carbonyl (C=O) groups excluding carboxylic acids is 2. The van der Waals surface area contributed by atoms with Crippen LogP contribution in [0.1, 0.15) is 23.2 Å². The molecule has 0 radical (unpaired) electrons. The van der Waals surface area contributed by atoms with Crippen LogP contribution in [0.5, 0.6) is 0 Å². The summed E-state index contributed by atoms with van der Waals surface area (Å²) in [4.78, 5) is 36.1. The summed E-state index contributed by atoms with van der Waals surface area (Å²) in [5, 5.41) is 6.95. The fourth-order valence-electron chi connectivity index (χ4n) is 4.91. The predicted molar refractivity (Wildman–Crippen MR) is 131 cm³/mol. The summed E-state index contributed by atoms with van der Waals surface area (Å²) in [6, 6.07) is 5.31. The lowest BCUT2D eigenvalue weighted by atomic mass is 9.94. The van der Waals surface area contributed by atoms with E-state index in [1.165, 1.54) is 10.7 Å². The number of nitrogens with one attached hydrogen (secondary N) is 1. The van der Waals surface area contributed by atoms with Gasteiger partial charge in [0.05, 0.1) is 23.6 Å². The second-order valence-corrected chi connectivity index (χ2v) is 9.15. The summed E-state index contributed by atoms with van der Waals surface area (Å²) in [7, 11) is 2.06. The first kappa shape index (κ1) is 23.0. The number of piperazine rings is 1. The number of hydrogen-bond donors (Lipinski definition) is 2. The van der Waals surface area contributed by atoms with E-state index < -0.39 is 11.7 Å². The first-order valence-electron chi connectivity index (χ1n) is 11.8. The van der Waals surface area contributed by atoms with E-state index in [4.69, 9.17) is 5.73 Å². The van der Waals surface area contributed by atoms with Crippen molar-refractivity contribution in [3.8, 4) is 0 Å². The average Bonchev–Trinajstić information content (AvgIpc) is 3.20. The third-order valence-electron chi connectivity index (χ3n) is 6.89. The molecule has 35 heavy (non-hydrogen) atoms. The molecule has 3 aromatic heterocycles. The molecule has 2 saturated heterocycles. The van der Waals surface area contributed by atoms with Crippen LogP contribution >= 0.6 is 0 Å². The van der Waals surface area contributed by atoms with Crippen LogP contribution < -0.4 is 16.0 Å². The summed E-state index contributed by atoms with van der Waals surface area (Å²) in [6.07, 6.45) is 5.52. The van der Waals surface area contributed by atoms with Crippen molar-refractivity contribution >= 4 is 34.5 Å². The van der Waals surface area contributed by atoms with Crippen molar-refractivity contribution in [2.24, 2.45) is 5.92 Å². The Morgan fingerprint density at radius 3 is 2.57 bits per heavy atom. The van der Waals surface area contributed by atoms with Gasteiger partial charge in [0.25, 0.3) is 5.91 Å². The quantitative estimate of drug-likeness (QED) is 0.585. The molecular formula is C24H29FN8O2. The number of piperidine rings is 1. The van der Waals surface area contributed by atoms with Gasteiger partial charge in [-0.25, -0.2) is 8.91 Å². The Balaban J connectivity index is 1.31. The molecule has 0 bridgehead atoms. The maximum Gasteiger partial charge on any atom is 0.261 e. The van der Waals surface area contributed by atoms with Crippen LogP contribution in [0.25, 0.3) is 5.52 Å². The van der Waals surface area contributed by atoms with Crippen LogP contribution in [0.15, 0.2) is 36.8 Å². The molecular weight excluding hydrogens is 451 g/mol. The lowest BCUT2D eigenvalue weighted by Gasteiger charge is -2.38. The fourth-order valence-corrected chi connectivity index (χ4v) is 4.91. The molecule has 0 atom stereocenters. The fraction of sp³-hybridized carbons (Fsp3) is 0.417. The molecule has 2 fully saturated rings. The van der Waals surface area contributed by atoms with Gasteiger partial charge in [-0.2, -0.15) is 0 Å². The molecule has 184 valence electrons. The minimum absolute atomic E-state index is 0.0730. The Bertz CT molecular complexity index is 1250. The van der Waals surface area contributed by atoms with Crippen molar-refractivity contribution in [1.29, 1.82) is 0 Å². The van der Waals surface area contributed by atoms with Crippen LogP contribution in [0.4, 0.5) is 21.6 Å². The zero-order valence-electron chi connectivity index (χ0n) is 19.7. The lowest BCUT2D eigenvalue weighted by molar-refractivity contribution is -0.137. The van der Waals surface area contributed by atoms with Crippen molar-refractivity contribution in [2.45, 2.75) is 12.8 Å². The summed E-state index contributed by atoms with van der Waals surface area (Å²) >= 11 is 0. The summed E-state index contributed by atoms with van der Waals surface area (Å²) in [5.41, 5.74) is 7.30. The summed E-state index contributed by atoms with van der Waals surface area (Å²) < 4.78 is 16.5. The highest BCUT2D eigenvalue weighted by Crippen LogP contribution is 2.33. The molecule has 0 unspecified atom stereocenters. The maximum atomic E-state index is 15.0. The van der Waals surface area contributed by atoms with Crippen LogP contribution in [0.2, 0.25) is 0 Å². The molecule has 3 N–H and O–H groups in total. The number of anilines is 3. The average molecular weight is 481 g/mol. The van der Waals surface area contributed by atoms with Gasteiger partial charge in [-0.3, -0.25) is 14.6 Å². The number of fused-ring (bicyclic) bond motifs is 1. The van der Waals surface area contributed by atoms with E-state index in [1.807, 2.05) is 9.80 Å². The Morgan fingerprint density at radius 2 is 1.83 bits per heavy atom. The van der Waals surface area contributed by atoms with Gasteiger partial charge < -0.3 is 25.8 Å². The Hall–Kier alpha value is -3.73. The summed E-state index contributed by atoms with van der Waals surface area (Å²) in [5.74, 6) is -0.818. The van der Waals surface area contributed by atoms with Crippen molar-refractivity contribution in [1.82, 2.24) is 24.4 Å². The van der Waals surface area contributed by atoms with Crippen LogP contribution in [-0.2, 0) is 4.79 Å².